The molecular formula is C17H23Cl2N3O4S2. The Balaban J connectivity index is 0.00000196. The number of benzene rings is 1. The number of aromatic nitrogens is 1. The molecule has 28 heavy (non-hydrogen) atoms. The molecule has 1 saturated heterocycles. The van der Waals surface area contributed by atoms with Crippen molar-refractivity contribution in [1.29, 1.82) is 0 Å². The lowest BCUT2D eigenvalue weighted by atomic mass is 9.95. The van der Waals surface area contributed by atoms with E-state index in [1.807, 2.05) is 5.38 Å². The smallest absolute Gasteiger partial charge is 0.245 e. The molecule has 2 N–H and O–H groups in total. The Kier molecular flexibility index (Phi) is 9.16. The van der Waals surface area contributed by atoms with E-state index in [0.717, 1.165) is 11.9 Å². The Labute approximate surface area is 181 Å². The van der Waals surface area contributed by atoms with Crippen LogP contribution in [0.4, 0.5) is 5.69 Å². The first-order valence-electron chi connectivity index (χ1n) is 8.22. The first kappa shape index (κ1) is 24.6. The van der Waals surface area contributed by atoms with Crippen LogP contribution in [-0.2, 0) is 21.2 Å². The van der Waals surface area contributed by atoms with Crippen molar-refractivity contribution in [3.63, 3.8) is 0 Å². The van der Waals surface area contributed by atoms with Crippen molar-refractivity contribution in [1.82, 2.24) is 10.3 Å². The zero-order valence-corrected chi connectivity index (χ0v) is 18.5. The fourth-order valence-electron chi connectivity index (χ4n) is 2.97. The lowest BCUT2D eigenvalue weighted by Crippen LogP contribution is -2.55. The van der Waals surface area contributed by atoms with Gasteiger partial charge in [-0.1, -0.05) is 6.07 Å². The number of hydrogen-bond acceptors (Lipinski definition) is 7. The van der Waals surface area contributed by atoms with E-state index in [1.54, 1.807) is 29.8 Å². The second-order valence-electron chi connectivity index (χ2n) is 6.27. The number of sulfone groups is 1. The van der Waals surface area contributed by atoms with E-state index in [2.05, 4.69) is 15.6 Å². The summed E-state index contributed by atoms with van der Waals surface area (Å²) < 4.78 is 28.9. The maximum Gasteiger partial charge on any atom is 0.245 e. The number of nitrogens with one attached hydrogen (secondary N) is 2. The third kappa shape index (κ3) is 5.57. The normalized spacial score (nSPS) is 15.6. The monoisotopic (exact) mass is 467 g/mol. The molecule has 0 unspecified atom stereocenters. The van der Waals surface area contributed by atoms with E-state index in [-0.39, 0.29) is 37.7 Å². The number of thiazole rings is 1. The second-order valence-corrected chi connectivity index (χ2v) is 9.31. The van der Waals surface area contributed by atoms with Gasteiger partial charge in [-0.2, -0.15) is 0 Å². The molecule has 7 nitrogen and oxygen atoms in total. The molecule has 0 atom stereocenters. The minimum Gasteiger partial charge on any atom is -0.487 e. The molecule has 0 radical (unpaired) electrons. The SMILES string of the molecule is CS(=O)(=O)C1(C(=O)Nc2cccc(OCc3cscn3)c2)CCNCC1.Cl.Cl. The van der Waals surface area contributed by atoms with Gasteiger partial charge in [-0.05, 0) is 38.1 Å². The van der Waals surface area contributed by atoms with E-state index in [4.69, 9.17) is 4.74 Å². The van der Waals surface area contributed by atoms with Crippen LogP contribution < -0.4 is 15.4 Å². The quantitative estimate of drug-likeness (QED) is 0.677. The maximum atomic E-state index is 12.8. The first-order chi connectivity index (χ1) is 12.4. The molecule has 1 fully saturated rings. The average Bonchev–Trinajstić information content (AvgIpc) is 3.13. The Morgan fingerprint density at radius 2 is 2.04 bits per heavy atom. The van der Waals surface area contributed by atoms with Crippen molar-refractivity contribution in [3.8, 4) is 5.75 Å². The second kappa shape index (κ2) is 10.4. The zero-order chi connectivity index (χ0) is 18.6. The number of rotatable bonds is 6. The number of piperidine rings is 1. The molecule has 0 saturated carbocycles. The summed E-state index contributed by atoms with van der Waals surface area (Å²) in [5.41, 5.74) is 3.07. The highest BCUT2D eigenvalue weighted by Crippen LogP contribution is 2.30. The molecular weight excluding hydrogens is 445 g/mol. The van der Waals surface area contributed by atoms with Crippen LogP contribution in [-0.4, -0.2) is 43.4 Å². The van der Waals surface area contributed by atoms with Crippen molar-refractivity contribution in [2.75, 3.05) is 24.7 Å². The lowest BCUT2D eigenvalue weighted by molar-refractivity contribution is -0.119. The van der Waals surface area contributed by atoms with Gasteiger partial charge in [0.25, 0.3) is 0 Å². The number of anilines is 1. The molecule has 0 bridgehead atoms. The van der Waals surface area contributed by atoms with Crippen molar-refractivity contribution >= 4 is 57.6 Å². The number of ether oxygens (including phenoxy) is 1. The highest BCUT2D eigenvalue weighted by Gasteiger charge is 2.48. The van der Waals surface area contributed by atoms with Crippen LogP contribution >= 0.6 is 36.2 Å². The molecule has 1 aromatic heterocycles. The highest BCUT2D eigenvalue weighted by atomic mass is 35.5. The number of hydrogen-bond donors (Lipinski definition) is 2. The summed E-state index contributed by atoms with van der Waals surface area (Å²) >= 11 is 1.49. The lowest BCUT2D eigenvalue weighted by Gasteiger charge is -2.34. The summed E-state index contributed by atoms with van der Waals surface area (Å²) in [4.78, 5) is 17.0. The van der Waals surface area contributed by atoms with Gasteiger partial charge in [-0.15, -0.1) is 36.2 Å². The molecule has 156 valence electrons. The predicted molar refractivity (Wildman–Crippen MR) is 116 cm³/mol. The first-order valence-corrected chi connectivity index (χ1v) is 11.1. The standard InChI is InChI=1S/C17H21N3O4S2.2ClH/c1-26(22,23)17(5-7-18-8-6-17)16(21)20-13-3-2-4-15(9-13)24-10-14-11-25-12-19-14;;/h2-4,9,11-12,18H,5-8,10H2,1H3,(H,20,21);2*1H. The van der Waals surface area contributed by atoms with Crippen LogP contribution in [0, 0.1) is 0 Å². The van der Waals surface area contributed by atoms with Crippen LogP contribution in [0.15, 0.2) is 35.2 Å². The Morgan fingerprint density at radius 3 is 2.64 bits per heavy atom. The van der Waals surface area contributed by atoms with Crippen molar-refractivity contribution in [3.05, 3.63) is 40.8 Å². The molecule has 2 heterocycles. The zero-order valence-electron chi connectivity index (χ0n) is 15.2. The third-order valence-electron chi connectivity index (χ3n) is 4.50. The van der Waals surface area contributed by atoms with Crippen molar-refractivity contribution in [2.24, 2.45) is 0 Å². The number of carbonyl (C=O) groups is 1. The van der Waals surface area contributed by atoms with Gasteiger partial charge in [0.2, 0.25) is 5.91 Å². The van der Waals surface area contributed by atoms with Gasteiger partial charge in [-0.3, -0.25) is 4.79 Å². The number of halogens is 2. The van der Waals surface area contributed by atoms with Gasteiger partial charge in [0.15, 0.2) is 14.6 Å². The van der Waals surface area contributed by atoms with E-state index in [9.17, 15) is 13.2 Å². The van der Waals surface area contributed by atoms with Crippen molar-refractivity contribution < 1.29 is 17.9 Å². The van der Waals surface area contributed by atoms with Crippen LogP contribution in [0.5, 0.6) is 5.75 Å². The third-order valence-corrected chi connectivity index (χ3v) is 7.15. The van der Waals surface area contributed by atoms with E-state index in [1.165, 1.54) is 11.3 Å². The van der Waals surface area contributed by atoms with Crippen LogP contribution in [0.2, 0.25) is 0 Å². The maximum absolute atomic E-state index is 12.8. The molecule has 0 spiro atoms. The van der Waals surface area contributed by atoms with Gasteiger partial charge >= 0.3 is 0 Å². The topological polar surface area (TPSA) is 97.4 Å². The molecule has 11 heteroatoms. The summed E-state index contributed by atoms with van der Waals surface area (Å²) in [5.74, 6) is 0.0904. The molecule has 1 aromatic carbocycles. The number of nitrogens with zero attached hydrogens (tertiary/aromatic N) is 1. The highest BCUT2D eigenvalue weighted by molar-refractivity contribution is 7.92. The van der Waals surface area contributed by atoms with Crippen molar-refractivity contribution in [2.45, 2.75) is 24.2 Å². The summed E-state index contributed by atoms with van der Waals surface area (Å²) in [5, 5.41) is 7.75. The summed E-state index contributed by atoms with van der Waals surface area (Å²) in [6, 6.07) is 6.92. The molecule has 1 aliphatic rings. The molecule has 3 rings (SSSR count). The van der Waals surface area contributed by atoms with Gasteiger partial charge in [-0.25, -0.2) is 13.4 Å². The number of amides is 1. The minimum absolute atomic E-state index is 0. The molecule has 1 aliphatic heterocycles. The molecule has 1 amide bonds. The van der Waals surface area contributed by atoms with Gasteiger partial charge < -0.3 is 15.4 Å². The van der Waals surface area contributed by atoms with Gasteiger partial charge in [0, 0.05) is 23.4 Å². The van der Waals surface area contributed by atoms with Crippen LogP contribution in [0.1, 0.15) is 18.5 Å². The van der Waals surface area contributed by atoms with Crippen LogP contribution in [0.25, 0.3) is 0 Å². The Morgan fingerprint density at radius 1 is 1.32 bits per heavy atom. The molecule has 2 aromatic rings. The minimum atomic E-state index is -3.55. The summed E-state index contributed by atoms with van der Waals surface area (Å²) in [6.45, 7) is 1.33. The van der Waals surface area contributed by atoms with Gasteiger partial charge in [0.1, 0.15) is 12.4 Å². The van der Waals surface area contributed by atoms with E-state index in [0.29, 0.717) is 31.1 Å². The molecule has 0 aliphatic carbocycles. The number of carbonyl (C=O) groups excluding carboxylic acids is 1. The van der Waals surface area contributed by atoms with Gasteiger partial charge in [0.05, 0.1) is 11.2 Å². The van der Waals surface area contributed by atoms with E-state index < -0.39 is 20.5 Å². The van der Waals surface area contributed by atoms with E-state index >= 15 is 0 Å². The Hall–Kier alpha value is -1.39. The fourth-order valence-corrected chi connectivity index (χ4v) is 4.85. The van der Waals surface area contributed by atoms with Crippen LogP contribution in [0.3, 0.4) is 0 Å². The predicted octanol–water partition coefficient (Wildman–Crippen LogP) is 2.67. The summed E-state index contributed by atoms with van der Waals surface area (Å²) in [6.07, 6.45) is 1.65. The fraction of sp³-hybridized carbons (Fsp3) is 0.412. The Bertz CT molecular complexity index is 870. The average molecular weight is 468 g/mol. The summed E-state index contributed by atoms with van der Waals surface area (Å²) in [7, 11) is -3.55. The largest absolute Gasteiger partial charge is 0.487 e.